The molecule has 3 aromatic heterocycles. The van der Waals surface area contributed by atoms with Gasteiger partial charge in [-0.1, -0.05) is 30.3 Å². The van der Waals surface area contributed by atoms with Crippen molar-refractivity contribution in [3.05, 3.63) is 101 Å². The van der Waals surface area contributed by atoms with Gasteiger partial charge in [0.05, 0.1) is 47.8 Å². The number of hydrogen-bond donors (Lipinski definition) is 2. The van der Waals surface area contributed by atoms with Gasteiger partial charge in [0, 0.05) is 57.7 Å². The fraction of sp³-hybridized carbons (Fsp3) is 0.447. The molecule has 5 aromatic rings. The molecule has 5 amide bonds. The molecule has 1 saturated carbocycles. The Kier molecular flexibility index (Phi) is 11.6. The number of hydrogen-bond acceptors (Lipinski definition) is 12. The first-order valence-electron chi connectivity index (χ1n) is 22.6. The molecule has 4 fully saturated rings. The van der Waals surface area contributed by atoms with Crippen molar-refractivity contribution in [3.8, 4) is 0 Å². The summed E-state index contributed by atoms with van der Waals surface area (Å²) < 4.78 is 37.4. The van der Waals surface area contributed by atoms with E-state index in [9.17, 15) is 32.8 Å². The number of carbonyl (C=O) groups excluding carboxylic acids is 5. The Bertz CT molecular complexity index is 2710. The van der Waals surface area contributed by atoms with E-state index < -0.39 is 41.8 Å². The van der Waals surface area contributed by atoms with E-state index in [0.717, 1.165) is 79.3 Å². The van der Waals surface area contributed by atoms with Gasteiger partial charge in [-0.15, -0.1) is 0 Å². The van der Waals surface area contributed by atoms with Crippen LogP contribution in [0, 0.1) is 5.92 Å². The number of piperidine rings is 1. The summed E-state index contributed by atoms with van der Waals surface area (Å²) in [5, 5.41) is 14.6. The van der Waals surface area contributed by atoms with Gasteiger partial charge in [-0.2, -0.15) is 10.2 Å². The molecular weight excluding hydrogens is 853 g/mol. The smallest absolute Gasteiger partial charge is 0.284 e. The zero-order valence-electron chi connectivity index (χ0n) is 36.7. The third-order valence-corrected chi connectivity index (χ3v) is 13.9. The number of benzene rings is 2. The fourth-order valence-electron chi connectivity index (χ4n) is 10.2. The van der Waals surface area contributed by atoms with Crippen molar-refractivity contribution in [2.24, 2.45) is 5.92 Å². The molecule has 344 valence electrons. The van der Waals surface area contributed by atoms with E-state index in [1.807, 2.05) is 18.2 Å². The molecule has 0 radical (unpaired) electrons. The Hall–Kier alpha value is -6.60. The van der Waals surface area contributed by atoms with E-state index in [2.05, 4.69) is 49.8 Å². The SMILES string of the molecule is CN(CCc1ccc(CNc2cccc3c2C(=O)N(C2CCC(=O)N(C)C2=O)C3=O)cc1)C[C@H]1CC[C@H](n2cc(NC(=O)c3cnn4ccc(N5C[C@H]6C[C@@H]5CO6)nc34)c(C(F)F)n2)CC1. The monoisotopic (exact) mass is 903 g/mol. The molecule has 10 rings (SSSR count). The highest BCUT2D eigenvalue weighted by atomic mass is 19.3. The standard InChI is InChI=1S/C47H51F2N11O6/c1-55(18-16-27-6-8-28(9-7-27)21-50-35-5-3-4-33-40(35)47(65)60(45(33)63)37-14-15-39(61)56(2)46(37)64)23-29-10-12-30(13-11-29)59-25-36(41(54-59)42(48)49)52-44(62)34-22-51-58-19-17-38(53-43(34)58)57-24-32-20-31(57)26-66-32/h3-9,17,19,22,25,29-32,37,42,50H,10-16,18,20-21,23-24,26H2,1-2H3,(H,52,62)/t29-,30-,31-,32-,37?/m1/s1. The number of amides is 5. The van der Waals surface area contributed by atoms with Crippen LogP contribution in [0.4, 0.5) is 26.0 Å². The Labute approximate surface area is 379 Å². The number of morpholine rings is 1. The number of nitrogens with zero attached hydrogens (tertiary/aromatic N) is 9. The molecule has 17 nitrogen and oxygen atoms in total. The van der Waals surface area contributed by atoms with Gasteiger partial charge in [-0.05, 0) is 87.2 Å². The van der Waals surface area contributed by atoms with Gasteiger partial charge in [-0.3, -0.25) is 38.5 Å². The van der Waals surface area contributed by atoms with Gasteiger partial charge in [0.15, 0.2) is 11.3 Å². The van der Waals surface area contributed by atoms with Crippen LogP contribution >= 0.6 is 0 Å². The van der Waals surface area contributed by atoms with Crippen molar-refractivity contribution in [2.75, 3.05) is 55.9 Å². The number of halogens is 2. The minimum absolute atomic E-state index is 0.0188. The Morgan fingerprint density at radius 1 is 0.955 bits per heavy atom. The quantitative estimate of drug-likeness (QED) is 0.137. The van der Waals surface area contributed by atoms with E-state index in [-0.39, 0.29) is 59.3 Å². The molecule has 7 heterocycles. The van der Waals surface area contributed by atoms with E-state index in [4.69, 9.17) is 9.72 Å². The topological polar surface area (TPSA) is 180 Å². The number of ether oxygens (including phenoxy) is 1. The third-order valence-electron chi connectivity index (χ3n) is 13.9. The number of likely N-dealkylation sites (tertiary alicyclic amines) is 1. The van der Waals surface area contributed by atoms with Crippen LogP contribution in [0.1, 0.15) is 105 Å². The normalized spacial score (nSPS) is 23.0. The maximum atomic E-state index is 14.3. The average molecular weight is 904 g/mol. The van der Waals surface area contributed by atoms with Crippen LogP contribution in [0.2, 0.25) is 0 Å². The predicted molar refractivity (Wildman–Crippen MR) is 237 cm³/mol. The van der Waals surface area contributed by atoms with Crippen LogP contribution in [0.5, 0.6) is 0 Å². The molecule has 3 saturated heterocycles. The summed E-state index contributed by atoms with van der Waals surface area (Å²) in [5.74, 6) is -1.37. The molecule has 2 aromatic carbocycles. The number of rotatable bonds is 14. The summed E-state index contributed by atoms with van der Waals surface area (Å²) in [6.07, 6.45) is 7.35. The Balaban J connectivity index is 0.693. The maximum absolute atomic E-state index is 14.3. The largest absolute Gasteiger partial charge is 0.380 e. The molecule has 66 heavy (non-hydrogen) atoms. The first kappa shape index (κ1) is 43.3. The van der Waals surface area contributed by atoms with Crippen LogP contribution in [0.3, 0.4) is 0 Å². The van der Waals surface area contributed by atoms with Crippen molar-refractivity contribution < 1.29 is 37.5 Å². The molecule has 19 heteroatoms. The number of imide groups is 2. The van der Waals surface area contributed by atoms with Crippen LogP contribution < -0.4 is 15.5 Å². The maximum Gasteiger partial charge on any atom is 0.284 e. The van der Waals surface area contributed by atoms with Gasteiger partial charge >= 0.3 is 0 Å². The molecule has 0 spiro atoms. The molecule has 4 aliphatic heterocycles. The van der Waals surface area contributed by atoms with Crippen LogP contribution in [0.15, 0.2) is 67.1 Å². The first-order chi connectivity index (χ1) is 31.9. The van der Waals surface area contributed by atoms with Crippen molar-refractivity contribution in [1.82, 2.24) is 39.1 Å². The lowest BCUT2D eigenvalue weighted by atomic mass is 9.86. The number of fused-ring (bicyclic) bond motifs is 4. The second kappa shape index (κ2) is 17.7. The van der Waals surface area contributed by atoms with E-state index in [0.29, 0.717) is 30.4 Å². The summed E-state index contributed by atoms with van der Waals surface area (Å²) in [7, 11) is 3.48. The van der Waals surface area contributed by atoms with E-state index in [1.165, 1.54) is 29.5 Å². The highest BCUT2D eigenvalue weighted by molar-refractivity contribution is 6.25. The lowest BCUT2D eigenvalue weighted by molar-refractivity contribution is -0.149. The number of alkyl halides is 2. The number of carbonyl (C=O) groups is 5. The van der Waals surface area contributed by atoms with E-state index >= 15 is 0 Å². The lowest BCUT2D eigenvalue weighted by Crippen LogP contribution is -2.54. The van der Waals surface area contributed by atoms with Crippen LogP contribution in [0.25, 0.3) is 5.65 Å². The summed E-state index contributed by atoms with van der Waals surface area (Å²) >= 11 is 0. The summed E-state index contributed by atoms with van der Waals surface area (Å²) in [5.41, 5.74) is 3.18. The fourth-order valence-corrected chi connectivity index (χ4v) is 10.2. The number of aromatic nitrogens is 5. The molecule has 2 N–H and O–H groups in total. The van der Waals surface area contributed by atoms with Gasteiger partial charge in [-0.25, -0.2) is 18.3 Å². The minimum Gasteiger partial charge on any atom is -0.380 e. The van der Waals surface area contributed by atoms with Gasteiger partial charge in [0.2, 0.25) is 5.91 Å². The molecule has 2 bridgehead atoms. The number of anilines is 3. The minimum atomic E-state index is -2.87. The number of likely N-dealkylation sites (N-methyl/N-ethyl adjacent to an activating group) is 2. The average Bonchev–Trinajstić information content (AvgIpc) is 4.18. The Morgan fingerprint density at radius 3 is 2.48 bits per heavy atom. The molecule has 5 aliphatic rings. The second-order valence-electron chi connectivity index (χ2n) is 18.2. The zero-order chi connectivity index (χ0) is 45.8. The van der Waals surface area contributed by atoms with Gasteiger partial charge in [0.25, 0.3) is 30.1 Å². The van der Waals surface area contributed by atoms with E-state index in [1.54, 1.807) is 29.1 Å². The molecule has 1 unspecified atom stereocenters. The molecular formula is C47H51F2N11O6. The Morgan fingerprint density at radius 2 is 1.74 bits per heavy atom. The highest BCUT2D eigenvalue weighted by Crippen LogP contribution is 2.37. The summed E-state index contributed by atoms with van der Waals surface area (Å²) in [4.78, 5) is 76.5. The lowest BCUT2D eigenvalue weighted by Gasteiger charge is -2.32. The predicted octanol–water partition coefficient (Wildman–Crippen LogP) is 5.35. The molecule has 3 atom stereocenters. The van der Waals surface area contributed by atoms with Gasteiger partial charge < -0.3 is 25.2 Å². The summed E-state index contributed by atoms with van der Waals surface area (Å²) in [6.45, 7) is 3.54. The summed E-state index contributed by atoms with van der Waals surface area (Å²) in [6, 6.07) is 14.3. The highest BCUT2D eigenvalue weighted by Gasteiger charge is 2.47. The van der Waals surface area contributed by atoms with Gasteiger partial charge in [0.1, 0.15) is 17.4 Å². The first-order valence-corrected chi connectivity index (χ1v) is 22.6. The van der Waals surface area contributed by atoms with Crippen LogP contribution in [-0.2, 0) is 27.3 Å². The van der Waals surface area contributed by atoms with Crippen molar-refractivity contribution in [3.63, 3.8) is 0 Å². The number of nitrogens with one attached hydrogen (secondary N) is 2. The van der Waals surface area contributed by atoms with Crippen molar-refractivity contribution in [2.45, 2.75) is 88.6 Å². The van der Waals surface area contributed by atoms with Crippen LogP contribution in [-0.4, -0.2) is 127 Å². The third kappa shape index (κ3) is 8.18. The van der Waals surface area contributed by atoms with Crippen molar-refractivity contribution in [1.29, 1.82) is 0 Å². The van der Waals surface area contributed by atoms with Crippen molar-refractivity contribution >= 4 is 52.4 Å². The molecule has 1 aliphatic carbocycles. The zero-order valence-corrected chi connectivity index (χ0v) is 36.7. The second-order valence-corrected chi connectivity index (χ2v) is 18.2.